The summed E-state index contributed by atoms with van der Waals surface area (Å²) in [5, 5.41) is 9.51. The number of aliphatic carboxylic acids is 1. The lowest BCUT2D eigenvalue weighted by Gasteiger charge is -2.32. The summed E-state index contributed by atoms with van der Waals surface area (Å²) in [6, 6.07) is 8.55. The van der Waals surface area contributed by atoms with Crippen molar-refractivity contribution in [3.05, 3.63) is 35.9 Å². The minimum absolute atomic E-state index is 0.0645. The summed E-state index contributed by atoms with van der Waals surface area (Å²) in [7, 11) is 1.29. The van der Waals surface area contributed by atoms with Crippen molar-refractivity contribution in [1.82, 2.24) is 4.90 Å². The standard InChI is InChI=1S/C18H23NO5/c1-12(20)10-14(18(23)24-2)15-8-9-16(17(21)22)19(15)11-13-6-4-3-5-7-13/h3-7,14-16H,8-11H2,1-2H3,(H,21,22)/t14-,15-,16+/m1/s1. The number of hydrogen-bond acceptors (Lipinski definition) is 5. The molecule has 0 saturated carbocycles. The van der Waals surface area contributed by atoms with E-state index in [4.69, 9.17) is 4.74 Å². The Hall–Kier alpha value is -2.21. The molecule has 1 aromatic rings. The maximum absolute atomic E-state index is 12.2. The first-order valence-corrected chi connectivity index (χ1v) is 8.03. The summed E-state index contributed by atoms with van der Waals surface area (Å²) in [6.07, 6.45) is 1.07. The lowest BCUT2D eigenvalue weighted by molar-refractivity contribution is -0.151. The largest absolute Gasteiger partial charge is 0.480 e. The average molecular weight is 333 g/mol. The van der Waals surface area contributed by atoms with E-state index >= 15 is 0 Å². The van der Waals surface area contributed by atoms with Crippen LogP contribution in [0.25, 0.3) is 0 Å². The quantitative estimate of drug-likeness (QED) is 0.767. The summed E-state index contributed by atoms with van der Waals surface area (Å²) in [5.74, 6) is -2.11. The first kappa shape index (κ1) is 18.1. The molecule has 0 bridgehead atoms. The fourth-order valence-electron chi connectivity index (χ4n) is 3.45. The fraction of sp³-hybridized carbons (Fsp3) is 0.500. The number of hydrogen-bond donors (Lipinski definition) is 1. The number of ketones is 1. The molecule has 3 atom stereocenters. The van der Waals surface area contributed by atoms with E-state index in [2.05, 4.69) is 0 Å². The van der Waals surface area contributed by atoms with Gasteiger partial charge < -0.3 is 14.6 Å². The van der Waals surface area contributed by atoms with Gasteiger partial charge in [-0.15, -0.1) is 0 Å². The number of Topliss-reactive ketones (excluding diaryl/α,β-unsaturated/α-hetero) is 1. The number of ether oxygens (including phenoxy) is 1. The van der Waals surface area contributed by atoms with Gasteiger partial charge in [0.2, 0.25) is 0 Å². The Morgan fingerprint density at radius 2 is 1.92 bits per heavy atom. The molecule has 1 aliphatic heterocycles. The molecule has 0 aliphatic carbocycles. The number of likely N-dealkylation sites (tertiary alicyclic amines) is 1. The fourth-order valence-corrected chi connectivity index (χ4v) is 3.45. The van der Waals surface area contributed by atoms with E-state index in [1.54, 1.807) is 0 Å². The topological polar surface area (TPSA) is 83.9 Å². The highest BCUT2D eigenvalue weighted by atomic mass is 16.5. The van der Waals surface area contributed by atoms with Crippen LogP contribution in [0.5, 0.6) is 0 Å². The number of methoxy groups -OCH3 is 1. The predicted molar refractivity (Wildman–Crippen MR) is 87.2 cm³/mol. The zero-order valence-electron chi connectivity index (χ0n) is 14.0. The van der Waals surface area contributed by atoms with Crippen LogP contribution in [0.15, 0.2) is 30.3 Å². The van der Waals surface area contributed by atoms with E-state index in [-0.39, 0.29) is 18.2 Å². The molecule has 1 N–H and O–H groups in total. The van der Waals surface area contributed by atoms with Crippen LogP contribution in [-0.2, 0) is 25.7 Å². The first-order chi connectivity index (χ1) is 11.4. The number of carboxylic acid groups (broad SMARTS) is 1. The Labute approximate surface area is 141 Å². The third-order valence-corrected chi connectivity index (χ3v) is 4.53. The van der Waals surface area contributed by atoms with Crippen molar-refractivity contribution in [2.75, 3.05) is 7.11 Å². The second-order valence-corrected chi connectivity index (χ2v) is 6.19. The smallest absolute Gasteiger partial charge is 0.320 e. The summed E-state index contributed by atoms with van der Waals surface area (Å²) in [6.45, 7) is 1.86. The van der Waals surface area contributed by atoms with Crippen LogP contribution < -0.4 is 0 Å². The van der Waals surface area contributed by atoms with Crippen molar-refractivity contribution in [3.8, 4) is 0 Å². The highest BCUT2D eigenvalue weighted by molar-refractivity contribution is 5.83. The number of nitrogens with zero attached hydrogens (tertiary/aromatic N) is 1. The molecule has 1 aromatic carbocycles. The molecule has 130 valence electrons. The maximum Gasteiger partial charge on any atom is 0.320 e. The molecule has 2 rings (SSSR count). The van der Waals surface area contributed by atoms with Crippen molar-refractivity contribution in [2.45, 2.75) is 44.8 Å². The Balaban J connectivity index is 2.29. The highest BCUT2D eigenvalue weighted by Crippen LogP contribution is 2.33. The molecule has 1 saturated heterocycles. The molecule has 6 nitrogen and oxygen atoms in total. The number of carboxylic acids is 1. The van der Waals surface area contributed by atoms with E-state index in [1.165, 1.54) is 14.0 Å². The van der Waals surface area contributed by atoms with Crippen molar-refractivity contribution < 1.29 is 24.2 Å². The first-order valence-electron chi connectivity index (χ1n) is 8.03. The van der Waals surface area contributed by atoms with E-state index < -0.39 is 23.9 Å². The number of rotatable bonds is 7. The zero-order valence-corrected chi connectivity index (χ0v) is 14.0. The van der Waals surface area contributed by atoms with Crippen LogP contribution >= 0.6 is 0 Å². The van der Waals surface area contributed by atoms with Gasteiger partial charge in [0.25, 0.3) is 0 Å². The van der Waals surface area contributed by atoms with Crippen molar-refractivity contribution in [2.24, 2.45) is 5.92 Å². The summed E-state index contributed by atoms with van der Waals surface area (Å²) >= 11 is 0. The van der Waals surface area contributed by atoms with Gasteiger partial charge in [0, 0.05) is 19.0 Å². The number of carbonyl (C=O) groups is 3. The van der Waals surface area contributed by atoms with Gasteiger partial charge in [-0.3, -0.25) is 14.5 Å². The van der Waals surface area contributed by atoms with Crippen LogP contribution in [0, 0.1) is 5.92 Å². The molecule has 1 fully saturated rings. The van der Waals surface area contributed by atoms with Gasteiger partial charge >= 0.3 is 11.9 Å². The van der Waals surface area contributed by atoms with Gasteiger partial charge in [0.15, 0.2) is 0 Å². The Morgan fingerprint density at radius 3 is 2.46 bits per heavy atom. The van der Waals surface area contributed by atoms with Gasteiger partial charge in [-0.25, -0.2) is 0 Å². The monoisotopic (exact) mass is 333 g/mol. The molecule has 24 heavy (non-hydrogen) atoms. The van der Waals surface area contributed by atoms with E-state index in [9.17, 15) is 19.5 Å². The van der Waals surface area contributed by atoms with Crippen molar-refractivity contribution in [3.63, 3.8) is 0 Å². The minimum atomic E-state index is -0.903. The van der Waals surface area contributed by atoms with Crippen LogP contribution in [0.1, 0.15) is 31.7 Å². The molecule has 0 amide bonds. The normalized spacial score (nSPS) is 22.1. The molecule has 6 heteroatoms. The summed E-state index contributed by atoms with van der Waals surface area (Å²) in [5.41, 5.74) is 0.974. The van der Waals surface area contributed by atoms with Gasteiger partial charge in [-0.1, -0.05) is 30.3 Å². The predicted octanol–water partition coefficient (Wildman–Crippen LogP) is 1.87. The van der Waals surface area contributed by atoms with Crippen molar-refractivity contribution in [1.29, 1.82) is 0 Å². The zero-order chi connectivity index (χ0) is 17.7. The molecule has 0 spiro atoms. The van der Waals surface area contributed by atoms with Crippen LogP contribution in [0.3, 0.4) is 0 Å². The minimum Gasteiger partial charge on any atom is -0.480 e. The van der Waals surface area contributed by atoms with Gasteiger partial charge in [-0.2, -0.15) is 0 Å². The lowest BCUT2D eigenvalue weighted by atomic mass is 9.92. The van der Waals surface area contributed by atoms with E-state index in [0.717, 1.165) is 5.56 Å². The molecule has 0 radical (unpaired) electrons. The second-order valence-electron chi connectivity index (χ2n) is 6.19. The molecule has 0 aromatic heterocycles. The number of esters is 1. The number of benzene rings is 1. The Bertz CT molecular complexity index is 601. The van der Waals surface area contributed by atoms with Crippen molar-refractivity contribution >= 4 is 17.7 Å². The van der Waals surface area contributed by atoms with Crippen LogP contribution in [0.2, 0.25) is 0 Å². The molecule has 1 heterocycles. The van der Waals surface area contributed by atoms with Crippen LogP contribution in [0.4, 0.5) is 0 Å². The summed E-state index contributed by atoms with van der Waals surface area (Å²) in [4.78, 5) is 37.2. The Morgan fingerprint density at radius 1 is 1.25 bits per heavy atom. The van der Waals surface area contributed by atoms with Gasteiger partial charge in [0.05, 0.1) is 13.0 Å². The van der Waals surface area contributed by atoms with Crippen LogP contribution in [-0.4, -0.2) is 46.9 Å². The summed E-state index contributed by atoms with van der Waals surface area (Å²) < 4.78 is 4.85. The lowest BCUT2D eigenvalue weighted by Crippen LogP contribution is -2.46. The average Bonchev–Trinajstić information content (AvgIpc) is 2.96. The molecule has 1 aliphatic rings. The SMILES string of the molecule is COC(=O)[C@H](CC(C)=O)[C@H]1CC[C@@H](C(=O)O)N1Cc1ccccc1. The highest BCUT2D eigenvalue weighted by Gasteiger charge is 2.44. The van der Waals surface area contributed by atoms with Gasteiger partial charge in [0.1, 0.15) is 11.8 Å². The van der Waals surface area contributed by atoms with Gasteiger partial charge in [-0.05, 0) is 25.3 Å². The second kappa shape index (κ2) is 8.06. The third-order valence-electron chi connectivity index (χ3n) is 4.53. The van der Waals surface area contributed by atoms with E-state index in [0.29, 0.717) is 19.4 Å². The van der Waals surface area contributed by atoms with E-state index in [1.807, 2.05) is 35.2 Å². The maximum atomic E-state index is 12.2. The number of carbonyl (C=O) groups excluding carboxylic acids is 2. The third kappa shape index (κ3) is 4.20. The molecular formula is C18H23NO5. The molecular weight excluding hydrogens is 310 g/mol. The molecule has 0 unspecified atom stereocenters. The Kier molecular flexibility index (Phi) is 6.09.